The molecule has 0 saturated heterocycles. The van der Waals surface area contributed by atoms with Crippen LogP contribution in [0.3, 0.4) is 0 Å². The molecule has 2 aromatic carbocycles. The fraction of sp³-hybridized carbons (Fsp3) is 0.130. The molecule has 0 fully saturated rings. The molecule has 0 saturated carbocycles. The van der Waals surface area contributed by atoms with Crippen LogP contribution in [0.1, 0.15) is 11.4 Å². The number of nitrogens with two attached hydrogens (primary N) is 1. The second kappa shape index (κ2) is 8.06. The standard InChI is InChI=1S/C23H19F2N7O/c1-11-28-9-14(10-29-11)33-23-31-21(15-5-3-4-12(8-26)19(15)25)18-16-6-13(24)7-17(27-2)20(16)30-22(18)32-23/h3-7,9-10,27H,8,26H2,1-2H3,(H,30,31,32). The van der Waals surface area contributed by atoms with Gasteiger partial charge in [0.25, 0.3) is 0 Å². The van der Waals surface area contributed by atoms with Gasteiger partial charge in [-0.05, 0) is 25.1 Å². The average Bonchev–Trinajstić information content (AvgIpc) is 3.18. The molecule has 166 valence electrons. The highest BCUT2D eigenvalue weighted by atomic mass is 19.1. The number of hydrogen-bond donors (Lipinski definition) is 3. The lowest BCUT2D eigenvalue weighted by Crippen LogP contribution is -2.03. The zero-order valence-corrected chi connectivity index (χ0v) is 17.8. The van der Waals surface area contributed by atoms with E-state index in [1.807, 2.05) is 0 Å². The van der Waals surface area contributed by atoms with E-state index in [0.29, 0.717) is 44.8 Å². The lowest BCUT2D eigenvalue weighted by molar-refractivity contribution is 0.440. The topological polar surface area (TPSA) is 115 Å². The minimum absolute atomic E-state index is 0.0182. The number of benzene rings is 2. The van der Waals surface area contributed by atoms with E-state index >= 15 is 4.39 Å². The largest absolute Gasteiger partial charge is 0.421 e. The second-order valence-electron chi connectivity index (χ2n) is 7.38. The van der Waals surface area contributed by atoms with Crippen molar-refractivity contribution in [1.29, 1.82) is 0 Å². The van der Waals surface area contributed by atoms with Gasteiger partial charge in [-0.25, -0.2) is 18.7 Å². The van der Waals surface area contributed by atoms with E-state index in [1.165, 1.54) is 24.5 Å². The maximum atomic E-state index is 15.3. The number of nitrogens with one attached hydrogen (secondary N) is 2. The van der Waals surface area contributed by atoms with Crippen molar-refractivity contribution in [1.82, 2.24) is 24.9 Å². The van der Waals surface area contributed by atoms with Crippen LogP contribution in [0.2, 0.25) is 0 Å². The van der Waals surface area contributed by atoms with Gasteiger partial charge in [0.1, 0.15) is 23.1 Å². The van der Waals surface area contributed by atoms with Crippen LogP contribution in [0.25, 0.3) is 33.2 Å². The van der Waals surface area contributed by atoms with Gasteiger partial charge >= 0.3 is 6.01 Å². The molecule has 4 N–H and O–H groups in total. The molecule has 0 bridgehead atoms. The highest BCUT2D eigenvalue weighted by molar-refractivity contribution is 6.15. The number of rotatable bonds is 5. The molecular weight excluding hydrogens is 428 g/mol. The number of aryl methyl sites for hydroxylation is 1. The quantitative estimate of drug-likeness (QED) is 0.365. The van der Waals surface area contributed by atoms with Crippen LogP contribution < -0.4 is 15.8 Å². The van der Waals surface area contributed by atoms with Crippen LogP contribution in [0.15, 0.2) is 42.7 Å². The molecule has 0 radical (unpaired) electrons. The minimum Gasteiger partial charge on any atom is -0.421 e. The summed E-state index contributed by atoms with van der Waals surface area (Å²) < 4.78 is 35.5. The number of aromatic amines is 1. The predicted molar refractivity (Wildman–Crippen MR) is 121 cm³/mol. The van der Waals surface area contributed by atoms with Crippen molar-refractivity contribution in [2.45, 2.75) is 13.5 Å². The molecule has 33 heavy (non-hydrogen) atoms. The van der Waals surface area contributed by atoms with Gasteiger partial charge in [0, 0.05) is 30.1 Å². The normalized spacial score (nSPS) is 11.3. The number of anilines is 1. The highest BCUT2D eigenvalue weighted by Gasteiger charge is 2.21. The van der Waals surface area contributed by atoms with Gasteiger partial charge in [-0.3, -0.25) is 0 Å². The van der Waals surface area contributed by atoms with E-state index in [4.69, 9.17) is 10.5 Å². The predicted octanol–water partition coefficient (Wildman–Crippen LogP) is 4.45. The Bertz CT molecular complexity index is 1500. The first-order chi connectivity index (χ1) is 16.0. The van der Waals surface area contributed by atoms with E-state index in [1.54, 1.807) is 32.2 Å². The Morgan fingerprint density at radius 1 is 1.12 bits per heavy atom. The minimum atomic E-state index is -0.510. The molecule has 0 aliphatic heterocycles. The first-order valence-corrected chi connectivity index (χ1v) is 10.1. The van der Waals surface area contributed by atoms with E-state index in [-0.39, 0.29) is 23.8 Å². The Hall–Kier alpha value is -4.18. The SMILES string of the molecule is CNc1cc(F)cc2c1[nH]c1nc(Oc3cnc(C)nc3)nc(-c3cccc(CN)c3F)c12. The van der Waals surface area contributed by atoms with Gasteiger partial charge in [0.05, 0.1) is 34.7 Å². The summed E-state index contributed by atoms with van der Waals surface area (Å²) >= 11 is 0. The summed E-state index contributed by atoms with van der Waals surface area (Å²) in [6.45, 7) is 1.77. The summed E-state index contributed by atoms with van der Waals surface area (Å²) in [6.07, 6.45) is 2.98. The fourth-order valence-electron chi connectivity index (χ4n) is 3.74. The number of ether oxygens (including phenoxy) is 1. The summed E-state index contributed by atoms with van der Waals surface area (Å²) in [4.78, 5) is 20.3. The number of halogens is 2. The average molecular weight is 447 g/mol. The molecule has 0 spiro atoms. The third kappa shape index (κ3) is 3.60. The van der Waals surface area contributed by atoms with Gasteiger partial charge in [-0.2, -0.15) is 9.97 Å². The fourth-order valence-corrected chi connectivity index (χ4v) is 3.74. The third-order valence-electron chi connectivity index (χ3n) is 5.29. The molecule has 0 amide bonds. The molecule has 3 heterocycles. The zero-order chi connectivity index (χ0) is 23.1. The van der Waals surface area contributed by atoms with Crippen molar-refractivity contribution < 1.29 is 13.5 Å². The number of fused-ring (bicyclic) bond motifs is 3. The van der Waals surface area contributed by atoms with Crippen molar-refractivity contribution >= 4 is 27.6 Å². The van der Waals surface area contributed by atoms with Gasteiger partial charge in [0.2, 0.25) is 0 Å². The van der Waals surface area contributed by atoms with Crippen LogP contribution in [0.4, 0.5) is 14.5 Å². The van der Waals surface area contributed by atoms with Crippen LogP contribution in [-0.4, -0.2) is 32.0 Å². The molecule has 8 nitrogen and oxygen atoms in total. The Balaban J connectivity index is 1.82. The zero-order valence-electron chi connectivity index (χ0n) is 17.8. The van der Waals surface area contributed by atoms with Crippen molar-refractivity contribution in [2.24, 2.45) is 5.73 Å². The summed E-state index contributed by atoms with van der Waals surface area (Å²) in [7, 11) is 1.68. The Kier molecular flexibility index (Phi) is 5.06. The van der Waals surface area contributed by atoms with Gasteiger partial charge < -0.3 is 20.8 Å². The maximum absolute atomic E-state index is 15.3. The molecule has 0 aliphatic carbocycles. The summed E-state index contributed by atoms with van der Waals surface area (Å²) in [6, 6.07) is 7.57. The molecule has 10 heteroatoms. The van der Waals surface area contributed by atoms with Gasteiger partial charge in [0.15, 0.2) is 5.75 Å². The van der Waals surface area contributed by atoms with Crippen molar-refractivity contribution in [2.75, 3.05) is 12.4 Å². The van der Waals surface area contributed by atoms with E-state index in [2.05, 4.69) is 30.2 Å². The molecule has 3 aromatic heterocycles. The van der Waals surface area contributed by atoms with Crippen LogP contribution in [0, 0.1) is 18.6 Å². The molecular formula is C23H19F2N7O. The van der Waals surface area contributed by atoms with Gasteiger partial charge in [-0.15, -0.1) is 0 Å². The smallest absolute Gasteiger partial charge is 0.324 e. The van der Waals surface area contributed by atoms with Crippen LogP contribution >= 0.6 is 0 Å². The first kappa shape index (κ1) is 20.7. The van der Waals surface area contributed by atoms with Crippen molar-refractivity contribution in [3.63, 3.8) is 0 Å². The summed E-state index contributed by atoms with van der Waals surface area (Å²) in [5.74, 6) is -0.0614. The number of nitrogens with zero attached hydrogens (tertiary/aromatic N) is 4. The third-order valence-corrected chi connectivity index (χ3v) is 5.29. The monoisotopic (exact) mass is 447 g/mol. The number of H-pyrrole nitrogens is 1. The van der Waals surface area contributed by atoms with Crippen LogP contribution in [-0.2, 0) is 6.54 Å². The first-order valence-electron chi connectivity index (χ1n) is 10.1. The summed E-state index contributed by atoms with van der Waals surface area (Å²) in [5.41, 5.74) is 7.98. The van der Waals surface area contributed by atoms with E-state index in [0.717, 1.165) is 0 Å². The molecule has 0 atom stereocenters. The van der Waals surface area contributed by atoms with Crippen molar-refractivity contribution in [3.8, 4) is 23.0 Å². The lowest BCUT2D eigenvalue weighted by Gasteiger charge is -2.10. The molecule has 0 unspecified atom stereocenters. The number of hydrogen-bond acceptors (Lipinski definition) is 7. The van der Waals surface area contributed by atoms with Crippen LogP contribution in [0.5, 0.6) is 11.8 Å². The van der Waals surface area contributed by atoms with E-state index < -0.39 is 11.6 Å². The Morgan fingerprint density at radius 2 is 1.91 bits per heavy atom. The highest BCUT2D eigenvalue weighted by Crippen LogP contribution is 2.38. The molecule has 5 rings (SSSR count). The molecule has 5 aromatic rings. The Morgan fingerprint density at radius 3 is 2.64 bits per heavy atom. The maximum Gasteiger partial charge on any atom is 0.324 e. The molecule has 0 aliphatic rings. The summed E-state index contributed by atoms with van der Waals surface area (Å²) in [5, 5.41) is 3.93. The Labute approximate surface area is 186 Å². The van der Waals surface area contributed by atoms with E-state index in [9.17, 15) is 4.39 Å². The van der Waals surface area contributed by atoms with Crippen molar-refractivity contribution in [3.05, 3.63) is 65.7 Å². The second-order valence-corrected chi connectivity index (χ2v) is 7.38. The van der Waals surface area contributed by atoms with Gasteiger partial charge in [-0.1, -0.05) is 12.1 Å². The number of aromatic nitrogens is 5. The lowest BCUT2D eigenvalue weighted by atomic mass is 10.0.